The van der Waals surface area contributed by atoms with E-state index in [9.17, 15) is 18.0 Å². The number of para-hydroxylation sites is 1. The van der Waals surface area contributed by atoms with Crippen LogP contribution < -0.4 is 5.32 Å². The van der Waals surface area contributed by atoms with Crippen molar-refractivity contribution in [2.75, 3.05) is 19.6 Å². The smallest absolute Gasteiger partial charge is 0.354 e. The number of rotatable bonds is 13. The number of carbonyl (C=O) groups is 1. The zero-order valence-electron chi connectivity index (χ0n) is 24.1. The number of carbonyl (C=O) groups excluding carboxylic acids is 1. The van der Waals surface area contributed by atoms with Crippen molar-refractivity contribution in [2.45, 2.75) is 64.7 Å². The molecule has 3 aromatic carbocycles. The zero-order valence-corrected chi connectivity index (χ0v) is 24.1. The van der Waals surface area contributed by atoms with Crippen molar-refractivity contribution >= 4 is 16.8 Å². The molecule has 2 atom stereocenters. The third-order valence-corrected chi connectivity index (χ3v) is 7.81. The Balaban J connectivity index is 1.64. The summed E-state index contributed by atoms with van der Waals surface area (Å²) in [6, 6.07) is 23.3. The van der Waals surface area contributed by atoms with Crippen LogP contribution in [0.25, 0.3) is 10.9 Å². The molecule has 7 heteroatoms. The summed E-state index contributed by atoms with van der Waals surface area (Å²) in [5, 5.41) is 4.05. The summed E-state index contributed by atoms with van der Waals surface area (Å²) in [6.45, 7) is 9.85. The van der Waals surface area contributed by atoms with Crippen LogP contribution >= 0.6 is 0 Å². The van der Waals surface area contributed by atoms with Gasteiger partial charge in [-0.05, 0) is 68.2 Å². The van der Waals surface area contributed by atoms with Crippen LogP contribution in [0, 0.1) is 0 Å². The molecule has 218 valence electrons. The highest BCUT2D eigenvalue weighted by molar-refractivity contribution is 5.87. The van der Waals surface area contributed by atoms with Gasteiger partial charge in [-0.3, -0.25) is 4.79 Å². The molecule has 0 fully saturated rings. The van der Waals surface area contributed by atoms with Crippen LogP contribution in [0.3, 0.4) is 0 Å². The van der Waals surface area contributed by atoms with Gasteiger partial charge in [-0.2, -0.15) is 13.2 Å². The fourth-order valence-electron chi connectivity index (χ4n) is 5.56. The third-order valence-electron chi connectivity index (χ3n) is 7.81. The molecular formula is C34H40F3N3O. The fraction of sp³-hybridized carbons (Fsp3) is 0.382. The first-order valence-electron chi connectivity index (χ1n) is 14.5. The van der Waals surface area contributed by atoms with Crippen molar-refractivity contribution in [2.24, 2.45) is 0 Å². The van der Waals surface area contributed by atoms with Gasteiger partial charge in [0, 0.05) is 42.0 Å². The molecule has 1 N–H and O–H groups in total. The maximum atomic E-state index is 13.7. The van der Waals surface area contributed by atoms with E-state index in [1.807, 2.05) is 67.7 Å². The molecule has 1 aromatic heterocycles. The van der Waals surface area contributed by atoms with Gasteiger partial charge in [-0.25, -0.2) is 0 Å². The second-order valence-corrected chi connectivity index (χ2v) is 10.7. The lowest BCUT2D eigenvalue weighted by molar-refractivity contribution is -0.137. The molecule has 4 nitrogen and oxygen atoms in total. The minimum absolute atomic E-state index is 0.0281. The monoisotopic (exact) mass is 563 g/mol. The summed E-state index contributed by atoms with van der Waals surface area (Å²) in [4.78, 5) is 15.7. The van der Waals surface area contributed by atoms with Crippen molar-refractivity contribution in [1.82, 2.24) is 14.8 Å². The molecule has 0 saturated carbocycles. The number of hydrogen-bond donors (Lipinski definition) is 1. The Morgan fingerprint density at radius 2 is 1.66 bits per heavy atom. The van der Waals surface area contributed by atoms with Crippen LogP contribution in [0.4, 0.5) is 13.2 Å². The Labute approximate surface area is 241 Å². The van der Waals surface area contributed by atoms with Gasteiger partial charge in [-0.1, -0.05) is 80.6 Å². The van der Waals surface area contributed by atoms with E-state index in [4.69, 9.17) is 0 Å². The highest BCUT2D eigenvalue weighted by Gasteiger charge is 2.32. The lowest BCUT2D eigenvalue weighted by Crippen LogP contribution is -2.34. The Hall–Kier alpha value is -3.58. The molecule has 0 bridgehead atoms. The second-order valence-electron chi connectivity index (χ2n) is 10.7. The quantitative estimate of drug-likeness (QED) is 0.180. The summed E-state index contributed by atoms with van der Waals surface area (Å²) in [5.41, 5.74) is 2.71. The van der Waals surface area contributed by atoms with Gasteiger partial charge < -0.3 is 14.8 Å². The molecule has 0 aliphatic carbocycles. The molecule has 1 heterocycles. The molecule has 0 saturated heterocycles. The van der Waals surface area contributed by atoms with Crippen molar-refractivity contribution in [3.05, 3.63) is 107 Å². The molecule has 0 spiro atoms. The summed E-state index contributed by atoms with van der Waals surface area (Å²) >= 11 is 0. The minimum atomic E-state index is -4.47. The van der Waals surface area contributed by atoms with Gasteiger partial charge in [0.25, 0.3) is 0 Å². The van der Waals surface area contributed by atoms with E-state index in [-0.39, 0.29) is 18.4 Å². The standard InChI is InChI=1S/C34H40F3N3O/c1-4-39(5-2)20-12-13-25(3)38-33(41)22-30(27-16-11-17-28(21-27)34(35,36)37)31-24-40(23-26-14-7-6-8-15-26)32-19-10-9-18-29(31)32/h6-11,14-19,21,24-25,30H,4-5,12-13,20,22-23H2,1-3H3,(H,38,41)/t25-,30+/m1/s1. The molecule has 0 radical (unpaired) electrons. The predicted octanol–water partition coefficient (Wildman–Crippen LogP) is 7.86. The number of halogens is 3. The van der Waals surface area contributed by atoms with Crippen LogP contribution in [0.2, 0.25) is 0 Å². The van der Waals surface area contributed by atoms with Gasteiger partial charge in [0.15, 0.2) is 0 Å². The third kappa shape index (κ3) is 8.00. The van der Waals surface area contributed by atoms with Gasteiger partial charge in [0.1, 0.15) is 0 Å². The molecular weight excluding hydrogens is 523 g/mol. The maximum absolute atomic E-state index is 13.7. The number of hydrogen-bond acceptors (Lipinski definition) is 2. The Kier molecular flexibility index (Phi) is 10.3. The number of benzene rings is 3. The van der Waals surface area contributed by atoms with Crippen LogP contribution in [0.1, 0.15) is 68.2 Å². The average molecular weight is 564 g/mol. The summed E-state index contributed by atoms with van der Waals surface area (Å²) in [5.74, 6) is -0.704. The number of amides is 1. The highest BCUT2D eigenvalue weighted by Crippen LogP contribution is 2.38. The lowest BCUT2D eigenvalue weighted by atomic mass is 9.87. The van der Waals surface area contributed by atoms with Crippen molar-refractivity contribution in [3.63, 3.8) is 0 Å². The first-order chi connectivity index (χ1) is 19.7. The van der Waals surface area contributed by atoms with Gasteiger partial charge in [-0.15, -0.1) is 0 Å². The van der Waals surface area contributed by atoms with Crippen molar-refractivity contribution < 1.29 is 18.0 Å². The zero-order chi connectivity index (χ0) is 29.4. The van der Waals surface area contributed by atoms with E-state index in [0.29, 0.717) is 12.1 Å². The van der Waals surface area contributed by atoms with E-state index in [1.165, 1.54) is 12.1 Å². The Morgan fingerprint density at radius 3 is 2.37 bits per heavy atom. The van der Waals surface area contributed by atoms with E-state index < -0.39 is 17.7 Å². The van der Waals surface area contributed by atoms with Crippen LogP contribution in [-0.2, 0) is 17.5 Å². The summed E-state index contributed by atoms with van der Waals surface area (Å²) in [7, 11) is 0. The first-order valence-corrected chi connectivity index (χ1v) is 14.5. The number of fused-ring (bicyclic) bond motifs is 1. The fourth-order valence-corrected chi connectivity index (χ4v) is 5.56. The van der Waals surface area contributed by atoms with Gasteiger partial charge in [0.2, 0.25) is 5.91 Å². The maximum Gasteiger partial charge on any atom is 0.416 e. The molecule has 0 unspecified atom stereocenters. The molecule has 0 aliphatic rings. The number of alkyl halides is 3. The number of aromatic nitrogens is 1. The average Bonchev–Trinajstić information content (AvgIpc) is 3.32. The highest BCUT2D eigenvalue weighted by atomic mass is 19.4. The molecule has 41 heavy (non-hydrogen) atoms. The number of nitrogens with one attached hydrogen (secondary N) is 1. The van der Waals surface area contributed by atoms with Crippen molar-refractivity contribution in [1.29, 1.82) is 0 Å². The largest absolute Gasteiger partial charge is 0.416 e. The lowest BCUT2D eigenvalue weighted by Gasteiger charge is -2.22. The van der Waals surface area contributed by atoms with E-state index in [1.54, 1.807) is 6.07 Å². The summed E-state index contributed by atoms with van der Waals surface area (Å²) < 4.78 is 43.2. The number of nitrogens with zero attached hydrogens (tertiary/aromatic N) is 2. The Morgan fingerprint density at radius 1 is 0.951 bits per heavy atom. The molecule has 4 aromatic rings. The predicted molar refractivity (Wildman–Crippen MR) is 160 cm³/mol. The second kappa shape index (κ2) is 13.9. The van der Waals surface area contributed by atoms with Crippen LogP contribution in [-0.4, -0.2) is 41.1 Å². The summed E-state index contributed by atoms with van der Waals surface area (Å²) in [6.07, 6.45) is -0.603. The van der Waals surface area contributed by atoms with E-state index in [0.717, 1.165) is 60.6 Å². The minimum Gasteiger partial charge on any atom is -0.354 e. The first kappa shape index (κ1) is 30.4. The topological polar surface area (TPSA) is 37.3 Å². The molecule has 4 rings (SSSR count). The molecule has 1 amide bonds. The van der Waals surface area contributed by atoms with Gasteiger partial charge in [0.05, 0.1) is 5.56 Å². The van der Waals surface area contributed by atoms with Gasteiger partial charge >= 0.3 is 6.18 Å². The van der Waals surface area contributed by atoms with Crippen LogP contribution in [0.5, 0.6) is 0 Å². The SMILES string of the molecule is CCN(CC)CCC[C@@H](C)NC(=O)C[C@@H](c1cccc(C(F)(F)F)c1)c1cn(Cc2ccccc2)c2ccccc12. The van der Waals surface area contributed by atoms with E-state index >= 15 is 0 Å². The van der Waals surface area contributed by atoms with Crippen LogP contribution in [0.15, 0.2) is 85.1 Å². The van der Waals surface area contributed by atoms with Crippen molar-refractivity contribution in [3.8, 4) is 0 Å². The van der Waals surface area contributed by atoms with E-state index in [2.05, 4.69) is 28.6 Å². The normalized spacial score (nSPS) is 13.4. The Bertz CT molecular complexity index is 1410. The molecule has 0 aliphatic heterocycles.